The molecule has 1 amide bonds. The second-order valence-electron chi connectivity index (χ2n) is 6.61. The van der Waals surface area contributed by atoms with Gasteiger partial charge in [0.25, 0.3) is 0 Å². The zero-order valence-corrected chi connectivity index (χ0v) is 12.8. The van der Waals surface area contributed by atoms with E-state index in [4.69, 9.17) is 0 Å². The summed E-state index contributed by atoms with van der Waals surface area (Å²) in [7, 11) is 0. The van der Waals surface area contributed by atoms with Crippen LogP contribution < -0.4 is 5.32 Å². The highest BCUT2D eigenvalue weighted by Crippen LogP contribution is 2.23. The molecule has 102 valence electrons. The Balaban J connectivity index is 4.08. The Morgan fingerprint density at radius 1 is 1.24 bits per heavy atom. The molecule has 0 aliphatic rings. The predicted octanol–water partition coefficient (Wildman–Crippen LogP) is 2.43. The molecule has 0 saturated carbocycles. The van der Waals surface area contributed by atoms with Crippen LogP contribution in [-0.2, 0) is 4.79 Å². The van der Waals surface area contributed by atoms with Crippen molar-refractivity contribution in [1.82, 2.24) is 5.32 Å². The summed E-state index contributed by atoms with van der Waals surface area (Å²) in [5, 5.41) is 12.1. The molecular formula is C13H27NO2S. The Morgan fingerprint density at radius 2 is 1.76 bits per heavy atom. The Bertz CT molecular complexity index is 241. The van der Waals surface area contributed by atoms with Crippen LogP contribution in [0.3, 0.4) is 0 Å². The van der Waals surface area contributed by atoms with Crippen molar-refractivity contribution in [2.75, 3.05) is 12.4 Å². The minimum atomic E-state index is -0.136. The molecule has 0 rings (SSSR count). The van der Waals surface area contributed by atoms with Crippen LogP contribution in [0.1, 0.15) is 48.0 Å². The molecule has 1 unspecified atom stereocenters. The van der Waals surface area contributed by atoms with Gasteiger partial charge >= 0.3 is 0 Å². The largest absolute Gasteiger partial charge is 0.394 e. The molecule has 0 spiro atoms. The lowest BCUT2D eigenvalue weighted by Gasteiger charge is -2.26. The number of hydrogen-bond donors (Lipinski definition) is 2. The van der Waals surface area contributed by atoms with Crippen LogP contribution in [0, 0.1) is 5.41 Å². The number of aliphatic hydroxyl groups is 1. The summed E-state index contributed by atoms with van der Waals surface area (Å²) in [6.45, 7) is 12.6. The SMILES string of the molecule is CC(C)(C)CC(CO)NC(=O)CSC(C)(C)C. The first-order valence-electron chi connectivity index (χ1n) is 6.08. The topological polar surface area (TPSA) is 49.3 Å². The lowest BCUT2D eigenvalue weighted by Crippen LogP contribution is -2.41. The Kier molecular flexibility index (Phi) is 6.56. The molecule has 0 aromatic carbocycles. The first kappa shape index (κ1) is 16.8. The molecule has 0 heterocycles. The molecule has 0 aromatic heterocycles. The first-order valence-corrected chi connectivity index (χ1v) is 7.06. The van der Waals surface area contributed by atoms with Gasteiger partial charge in [-0.1, -0.05) is 41.5 Å². The van der Waals surface area contributed by atoms with Crippen LogP contribution in [0.25, 0.3) is 0 Å². The average Bonchev–Trinajstić information content (AvgIpc) is 2.10. The lowest BCUT2D eigenvalue weighted by atomic mass is 9.88. The molecule has 3 nitrogen and oxygen atoms in total. The molecule has 4 heteroatoms. The van der Waals surface area contributed by atoms with Crippen molar-refractivity contribution in [3.05, 3.63) is 0 Å². The fraction of sp³-hybridized carbons (Fsp3) is 0.923. The normalized spacial score (nSPS) is 14.5. The van der Waals surface area contributed by atoms with E-state index in [1.807, 2.05) is 0 Å². The molecule has 0 radical (unpaired) electrons. The van der Waals surface area contributed by atoms with Crippen molar-refractivity contribution in [1.29, 1.82) is 0 Å². The highest BCUT2D eigenvalue weighted by atomic mass is 32.2. The average molecular weight is 261 g/mol. The molecular weight excluding hydrogens is 234 g/mol. The standard InChI is InChI=1S/C13H27NO2S/c1-12(2,3)7-10(8-15)14-11(16)9-17-13(4,5)6/h10,15H,7-9H2,1-6H3,(H,14,16). The van der Waals surface area contributed by atoms with E-state index in [1.54, 1.807) is 11.8 Å². The number of carbonyl (C=O) groups is 1. The summed E-state index contributed by atoms with van der Waals surface area (Å²) in [5.41, 5.74) is 0.109. The van der Waals surface area contributed by atoms with Crippen LogP contribution in [-0.4, -0.2) is 34.2 Å². The molecule has 0 fully saturated rings. The second-order valence-corrected chi connectivity index (χ2v) is 8.41. The Morgan fingerprint density at radius 3 is 2.12 bits per heavy atom. The molecule has 0 bridgehead atoms. The van der Waals surface area contributed by atoms with Gasteiger partial charge in [0.2, 0.25) is 5.91 Å². The zero-order chi connectivity index (χ0) is 13.7. The molecule has 0 aliphatic carbocycles. The van der Waals surface area contributed by atoms with Gasteiger partial charge in [0.05, 0.1) is 18.4 Å². The fourth-order valence-corrected chi connectivity index (χ4v) is 2.10. The van der Waals surface area contributed by atoms with Gasteiger partial charge in [-0.15, -0.1) is 11.8 Å². The van der Waals surface area contributed by atoms with Gasteiger partial charge in [-0.25, -0.2) is 0 Å². The van der Waals surface area contributed by atoms with Crippen molar-refractivity contribution >= 4 is 17.7 Å². The van der Waals surface area contributed by atoms with E-state index in [9.17, 15) is 9.90 Å². The summed E-state index contributed by atoms with van der Waals surface area (Å²) >= 11 is 1.62. The van der Waals surface area contributed by atoms with Gasteiger partial charge in [-0.2, -0.15) is 0 Å². The van der Waals surface area contributed by atoms with Gasteiger partial charge in [-0.05, 0) is 11.8 Å². The van der Waals surface area contributed by atoms with Crippen molar-refractivity contribution in [2.24, 2.45) is 5.41 Å². The minimum absolute atomic E-state index is 0.00317. The maximum absolute atomic E-state index is 11.7. The monoisotopic (exact) mass is 261 g/mol. The van der Waals surface area contributed by atoms with Crippen LogP contribution in [0.4, 0.5) is 0 Å². The van der Waals surface area contributed by atoms with E-state index in [1.165, 1.54) is 0 Å². The van der Waals surface area contributed by atoms with Crippen LogP contribution in [0.2, 0.25) is 0 Å². The van der Waals surface area contributed by atoms with Crippen molar-refractivity contribution in [3.63, 3.8) is 0 Å². The third-order valence-electron chi connectivity index (χ3n) is 2.08. The quantitative estimate of drug-likeness (QED) is 0.799. The smallest absolute Gasteiger partial charge is 0.230 e. The van der Waals surface area contributed by atoms with E-state index in [0.29, 0.717) is 5.75 Å². The van der Waals surface area contributed by atoms with E-state index in [2.05, 4.69) is 46.9 Å². The van der Waals surface area contributed by atoms with E-state index in [0.717, 1.165) is 6.42 Å². The third-order valence-corrected chi connectivity index (χ3v) is 3.35. The lowest BCUT2D eigenvalue weighted by molar-refractivity contribution is -0.119. The first-order chi connectivity index (χ1) is 7.53. The van der Waals surface area contributed by atoms with Gasteiger partial charge in [0.15, 0.2) is 0 Å². The maximum atomic E-state index is 11.7. The number of aliphatic hydroxyl groups excluding tert-OH is 1. The number of hydrogen-bond acceptors (Lipinski definition) is 3. The van der Waals surface area contributed by atoms with Crippen molar-refractivity contribution < 1.29 is 9.90 Å². The van der Waals surface area contributed by atoms with Gasteiger partial charge in [0.1, 0.15) is 0 Å². The summed E-state index contributed by atoms with van der Waals surface area (Å²) < 4.78 is 0.0933. The summed E-state index contributed by atoms with van der Waals surface area (Å²) in [6, 6.07) is -0.136. The van der Waals surface area contributed by atoms with Gasteiger partial charge in [0, 0.05) is 4.75 Å². The number of carbonyl (C=O) groups excluding carboxylic acids is 1. The molecule has 2 N–H and O–H groups in total. The van der Waals surface area contributed by atoms with Crippen molar-refractivity contribution in [3.8, 4) is 0 Å². The summed E-state index contributed by atoms with van der Waals surface area (Å²) in [5.74, 6) is 0.456. The Labute approximate surface area is 110 Å². The summed E-state index contributed by atoms with van der Waals surface area (Å²) in [4.78, 5) is 11.7. The molecule has 0 aliphatic heterocycles. The van der Waals surface area contributed by atoms with Gasteiger partial charge < -0.3 is 10.4 Å². The van der Waals surface area contributed by atoms with Crippen LogP contribution in [0.5, 0.6) is 0 Å². The van der Waals surface area contributed by atoms with E-state index >= 15 is 0 Å². The van der Waals surface area contributed by atoms with E-state index < -0.39 is 0 Å². The van der Waals surface area contributed by atoms with Crippen LogP contribution in [0.15, 0.2) is 0 Å². The number of nitrogens with one attached hydrogen (secondary N) is 1. The molecule has 0 saturated heterocycles. The number of thioether (sulfide) groups is 1. The highest BCUT2D eigenvalue weighted by molar-refractivity contribution is 8.01. The van der Waals surface area contributed by atoms with Gasteiger partial charge in [-0.3, -0.25) is 4.79 Å². The Hall–Kier alpha value is -0.220. The highest BCUT2D eigenvalue weighted by Gasteiger charge is 2.20. The van der Waals surface area contributed by atoms with Crippen LogP contribution >= 0.6 is 11.8 Å². The molecule has 0 aromatic rings. The van der Waals surface area contributed by atoms with E-state index in [-0.39, 0.29) is 28.7 Å². The maximum Gasteiger partial charge on any atom is 0.230 e. The second kappa shape index (κ2) is 6.64. The third kappa shape index (κ3) is 10.6. The predicted molar refractivity (Wildman–Crippen MR) is 75.3 cm³/mol. The summed E-state index contributed by atoms with van der Waals surface area (Å²) in [6.07, 6.45) is 0.787. The molecule has 17 heavy (non-hydrogen) atoms. The molecule has 1 atom stereocenters. The number of amides is 1. The fourth-order valence-electron chi connectivity index (χ4n) is 1.45. The zero-order valence-electron chi connectivity index (χ0n) is 12.0. The van der Waals surface area contributed by atoms with Crippen molar-refractivity contribution in [2.45, 2.75) is 58.8 Å². The minimum Gasteiger partial charge on any atom is -0.394 e. The number of rotatable bonds is 5.